The van der Waals surface area contributed by atoms with Crippen molar-refractivity contribution < 1.29 is 9.21 Å². The molecule has 6 nitrogen and oxygen atoms in total. The molecule has 2 heterocycles. The molecule has 3 N–H and O–H groups in total. The van der Waals surface area contributed by atoms with Crippen molar-refractivity contribution in [1.29, 1.82) is 0 Å². The van der Waals surface area contributed by atoms with Crippen LogP contribution in [0, 0.1) is 13.8 Å². The van der Waals surface area contributed by atoms with Gasteiger partial charge in [0.15, 0.2) is 5.76 Å². The Labute approximate surface area is 133 Å². The maximum absolute atomic E-state index is 12.2. The first-order valence-electron chi connectivity index (χ1n) is 7.29. The van der Waals surface area contributed by atoms with E-state index in [1.165, 1.54) is 6.26 Å². The zero-order chi connectivity index (χ0) is 16.4. The van der Waals surface area contributed by atoms with E-state index in [1.54, 1.807) is 12.4 Å². The first kappa shape index (κ1) is 15.1. The summed E-state index contributed by atoms with van der Waals surface area (Å²) >= 11 is 0. The SMILES string of the molecule is Cc1ncn(-c2ccc(NC(=O)c3occc3CN)cc2)c1C. The van der Waals surface area contributed by atoms with Gasteiger partial charge in [-0.2, -0.15) is 0 Å². The van der Waals surface area contributed by atoms with Gasteiger partial charge in [-0.15, -0.1) is 0 Å². The Morgan fingerprint density at radius 2 is 2.00 bits per heavy atom. The van der Waals surface area contributed by atoms with Gasteiger partial charge in [0, 0.05) is 29.2 Å². The summed E-state index contributed by atoms with van der Waals surface area (Å²) in [6, 6.07) is 9.23. The molecule has 0 saturated carbocycles. The number of anilines is 1. The largest absolute Gasteiger partial charge is 0.459 e. The number of carbonyl (C=O) groups excluding carboxylic acids is 1. The number of hydrogen-bond acceptors (Lipinski definition) is 4. The van der Waals surface area contributed by atoms with E-state index >= 15 is 0 Å². The highest BCUT2D eigenvalue weighted by molar-refractivity contribution is 6.03. The molecule has 3 aromatic rings. The zero-order valence-corrected chi connectivity index (χ0v) is 13.0. The van der Waals surface area contributed by atoms with Crippen LogP contribution in [0.4, 0.5) is 5.69 Å². The molecule has 2 aromatic heterocycles. The number of nitrogens with zero attached hydrogens (tertiary/aromatic N) is 2. The molecular weight excluding hydrogens is 292 g/mol. The number of nitrogens with two attached hydrogens (primary N) is 1. The van der Waals surface area contributed by atoms with Crippen molar-refractivity contribution in [3.63, 3.8) is 0 Å². The average molecular weight is 310 g/mol. The third-order valence-electron chi connectivity index (χ3n) is 3.83. The summed E-state index contributed by atoms with van der Waals surface area (Å²) in [5, 5.41) is 2.80. The summed E-state index contributed by atoms with van der Waals surface area (Å²) in [7, 11) is 0. The van der Waals surface area contributed by atoms with Crippen LogP contribution in [0.15, 0.2) is 47.3 Å². The third-order valence-corrected chi connectivity index (χ3v) is 3.83. The molecule has 3 rings (SSSR count). The molecule has 0 radical (unpaired) electrons. The molecule has 0 atom stereocenters. The van der Waals surface area contributed by atoms with Crippen LogP contribution < -0.4 is 11.1 Å². The van der Waals surface area contributed by atoms with Crippen LogP contribution in [0.3, 0.4) is 0 Å². The summed E-state index contributed by atoms with van der Waals surface area (Å²) in [6.45, 7) is 4.25. The highest BCUT2D eigenvalue weighted by Crippen LogP contribution is 2.18. The molecule has 0 bridgehead atoms. The Morgan fingerprint density at radius 3 is 2.61 bits per heavy atom. The predicted molar refractivity (Wildman–Crippen MR) is 87.6 cm³/mol. The van der Waals surface area contributed by atoms with Gasteiger partial charge in [-0.05, 0) is 44.2 Å². The lowest BCUT2D eigenvalue weighted by atomic mass is 10.2. The second kappa shape index (κ2) is 6.10. The lowest BCUT2D eigenvalue weighted by Crippen LogP contribution is -2.14. The second-order valence-corrected chi connectivity index (χ2v) is 5.27. The molecule has 0 fully saturated rings. The number of aryl methyl sites for hydroxylation is 1. The van der Waals surface area contributed by atoms with E-state index in [1.807, 2.05) is 42.7 Å². The van der Waals surface area contributed by atoms with E-state index in [0.717, 1.165) is 17.1 Å². The molecule has 0 saturated heterocycles. The topological polar surface area (TPSA) is 86.1 Å². The molecule has 0 aliphatic carbocycles. The van der Waals surface area contributed by atoms with Crippen molar-refractivity contribution in [2.45, 2.75) is 20.4 Å². The van der Waals surface area contributed by atoms with Gasteiger partial charge in [-0.1, -0.05) is 0 Å². The Kier molecular flexibility index (Phi) is 3.99. The fourth-order valence-electron chi connectivity index (χ4n) is 2.35. The molecule has 0 aliphatic rings. The van der Waals surface area contributed by atoms with Crippen LogP contribution >= 0.6 is 0 Å². The molecule has 1 amide bonds. The minimum absolute atomic E-state index is 0.248. The van der Waals surface area contributed by atoms with E-state index in [-0.39, 0.29) is 18.2 Å². The zero-order valence-electron chi connectivity index (χ0n) is 13.0. The first-order valence-corrected chi connectivity index (χ1v) is 7.29. The predicted octanol–water partition coefficient (Wildman–Crippen LogP) is 2.79. The van der Waals surface area contributed by atoms with Gasteiger partial charge >= 0.3 is 0 Å². The highest BCUT2D eigenvalue weighted by atomic mass is 16.3. The van der Waals surface area contributed by atoms with Crippen molar-refractivity contribution in [2.75, 3.05) is 5.32 Å². The number of imidazole rings is 1. The fraction of sp³-hybridized carbons (Fsp3) is 0.176. The second-order valence-electron chi connectivity index (χ2n) is 5.27. The van der Waals surface area contributed by atoms with Crippen molar-refractivity contribution in [1.82, 2.24) is 9.55 Å². The van der Waals surface area contributed by atoms with Crippen LogP contribution in [0.1, 0.15) is 27.5 Å². The van der Waals surface area contributed by atoms with E-state index in [9.17, 15) is 4.79 Å². The minimum Gasteiger partial charge on any atom is -0.459 e. The van der Waals surface area contributed by atoms with Crippen molar-refractivity contribution in [3.05, 3.63) is 65.6 Å². The maximum Gasteiger partial charge on any atom is 0.291 e. The Bertz CT molecular complexity index is 831. The fourth-order valence-corrected chi connectivity index (χ4v) is 2.35. The van der Waals surface area contributed by atoms with Crippen LogP contribution in [0.2, 0.25) is 0 Å². The van der Waals surface area contributed by atoms with Gasteiger partial charge < -0.3 is 20.0 Å². The first-order chi connectivity index (χ1) is 11.1. The van der Waals surface area contributed by atoms with Gasteiger partial charge in [0.05, 0.1) is 18.3 Å². The van der Waals surface area contributed by atoms with Gasteiger partial charge in [-0.25, -0.2) is 4.98 Å². The van der Waals surface area contributed by atoms with Crippen molar-refractivity contribution in [3.8, 4) is 5.69 Å². The van der Waals surface area contributed by atoms with Crippen LogP contribution in [-0.2, 0) is 6.54 Å². The van der Waals surface area contributed by atoms with Crippen molar-refractivity contribution >= 4 is 11.6 Å². The number of carbonyl (C=O) groups is 1. The molecule has 23 heavy (non-hydrogen) atoms. The lowest BCUT2D eigenvalue weighted by molar-refractivity contribution is 0.0995. The smallest absolute Gasteiger partial charge is 0.291 e. The molecule has 0 spiro atoms. The summed E-state index contributed by atoms with van der Waals surface area (Å²) in [4.78, 5) is 16.5. The highest BCUT2D eigenvalue weighted by Gasteiger charge is 2.14. The minimum atomic E-state index is -0.308. The number of rotatable bonds is 4. The lowest BCUT2D eigenvalue weighted by Gasteiger charge is -2.08. The average Bonchev–Trinajstić information content (AvgIpc) is 3.16. The number of hydrogen-bond donors (Lipinski definition) is 2. The Morgan fingerprint density at radius 1 is 1.26 bits per heavy atom. The molecule has 118 valence electrons. The number of aromatic nitrogens is 2. The monoisotopic (exact) mass is 310 g/mol. The van der Waals surface area contributed by atoms with E-state index < -0.39 is 0 Å². The van der Waals surface area contributed by atoms with Gasteiger partial charge in [-0.3, -0.25) is 4.79 Å². The Hall–Kier alpha value is -2.86. The quantitative estimate of drug-likeness (QED) is 0.776. The van der Waals surface area contributed by atoms with E-state index in [2.05, 4.69) is 10.3 Å². The van der Waals surface area contributed by atoms with Crippen LogP contribution in [-0.4, -0.2) is 15.5 Å². The normalized spacial score (nSPS) is 10.7. The summed E-state index contributed by atoms with van der Waals surface area (Å²) in [6.07, 6.45) is 3.25. The third kappa shape index (κ3) is 2.89. The van der Waals surface area contributed by atoms with E-state index in [4.69, 9.17) is 10.2 Å². The van der Waals surface area contributed by atoms with Crippen LogP contribution in [0.5, 0.6) is 0 Å². The molecule has 0 aliphatic heterocycles. The number of furan rings is 1. The molecule has 0 unspecified atom stereocenters. The Balaban J connectivity index is 1.78. The van der Waals surface area contributed by atoms with E-state index in [0.29, 0.717) is 11.3 Å². The van der Waals surface area contributed by atoms with Gasteiger partial charge in [0.25, 0.3) is 5.91 Å². The van der Waals surface area contributed by atoms with Gasteiger partial charge in [0.1, 0.15) is 0 Å². The maximum atomic E-state index is 12.2. The standard InChI is InChI=1S/C17H18N4O2/c1-11-12(2)21(10-19-11)15-5-3-14(4-6-15)20-17(22)16-13(9-18)7-8-23-16/h3-8,10H,9,18H2,1-2H3,(H,20,22). The summed E-state index contributed by atoms with van der Waals surface area (Å²) in [5.74, 6) is -0.0597. The van der Waals surface area contributed by atoms with Crippen LogP contribution in [0.25, 0.3) is 5.69 Å². The molecule has 1 aromatic carbocycles. The number of nitrogens with one attached hydrogen (secondary N) is 1. The van der Waals surface area contributed by atoms with Gasteiger partial charge in [0.2, 0.25) is 0 Å². The number of amides is 1. The molecule has 6 heteroatoms. The summed E-state index contributed by atoms with van der Waals surface area (Å²) in [5.41, 5.74) is 10.0. The molecular formula is C17H18N4O2. The van der Waals surface area contributed by atoms with Crippen molar-refractivity contribution in [2.24, 2.45) is 5.73 Å². The summed E-state index contributed by atoms with van der Waals surface area (Å²) < 4.78 is 7.20. The number of benzene rings is 1.